The molecule has 2 heteroatoms. The molecule has 0 saturated heterocycles. The summed E-state index contributed by atoms with van der Waals surface area (Å²) in [6.07, 6.45) is 0. The van der Waals surface area contributed by atoms with Gasteiger partial charge in [-0.3, -0.25) is 0 Å². The first-order valence-corrected chi connectivity index (χ1v) is 20.4. The van der Waals surface area contributed by atoms with E-state index in [2.05, 4.69) is 232 Å². The molecule has 58 heavy (non-hydrogen) atoms. The quantitative estimate of drug-likeness (QED) is 0.167. The van der Waals surface area contributed by atoms with Gasteiger partial charge in [-0.1, -0.05) is 149 Å². The fraction of sp³-hybridized carbons (Fsp3) is 0.107. The van der Waals surface area contributed by atoms with Gasteiger partial charge in [-0.25, -0.2) is 0 Å². The molecule has 2 aliphatic rings. The first kappa shape index (κ1) is 34.4. The van der Waals surface area contributed by atoms with Gasteiger partial charge in [-0.05, 0) is 128 Å². The summed E-state index contributed by atoms with van der Waals surface area (Å²) >= 11 is 0. The average molecular weight is 745 g/mol. The molecule has 0 fully saturated rings. The molecule has 2 aliphatic carbocycles. The van der Waals surface area contributed by atoms with Gasteiger partial charge in [0.2, 0.25) is 0 Å². The van der Waals surface area contributed by atoms with Crippen molar-refractivity contribution >= 4 is 55.7 Å². The monoisotopic (exact) mass is 744 g/mol. The van der Waals surface area contributed by atoms with Gasteiger partial charge in [0, 0.05) is 44.4 Å². The highest BCUT2D eigenvalue weighted by molar-refractivity contribution is 6.01. The van der Waals surface area contributed by atoms with Gasteiger partial charge in [0.1, 0.15) is 0 Å². The number of rotatable bonds is 6. The van der Waals surface area contributed by atoms with Crippen molar-refractivity contribution in [1.29, 1.82) is 0 Å². The van der Waals surface area contributed by atoms with Crippen molar-refractivity contribution in [3.8, 4) is 22.3 Å². The van der Waals surface area contributed by atoms with Crippen molar-refractivity contribution in [2.75, 3.05) is 9.80 Å². The smallest absolute Gasteiger partial charge is 0.0540 e. The standard InChI is InChI=1S/C56H44N2/c1-55(2)49-33-41(57(39-21-7-5-8-22-39)53-27-15-19-37-17-11-13-25-43(37)53)29-31-45(49)47-36-52-48(35-51(47)55)46-32-30-42(34-50(46)56(52,3)4)58(40-23-9-6-10-24-40)54-28-16-20-38-18-12-14-26-44(38)54/h5-36H,1-4H3. The molecule has 9 aromatic carbocycles. The predicted molar refractivity (Wildman–Crippen MR) is 246 cm³/mol. The lowest BCUT2D eigenvalue weighted by molar-refractivity contribution is 0.652. The summed E-state index contributed by atoms with van der Waals surface area (Å²) < 4.78 is 0. The first-order chi connectivity index (χ1) is 28.3. The van der Waals surface area contributed by atoms with E-state index in [0.29, 0.717) is 0 Å². The number of hydrogen-bond donors (Lipinski definition) is 0. The third-order valence-electron chi connectivity index (χ3n) is 13.0. The summed E-state index contributed by atoms with van der Waals surface area (Å²) in [5.74, 6) is 0. The van der Waals surface area contributed by atoms with Crippen LogP contribution in [0.4, 0.5) is 34.1 Å². The van der Waals surface area contributed by atoms with E-state index < -0.39 is 0 Å². The van der Waals surface area contributed by atoms with Gasteiger partial charge in [0.25, 0.3) is 0 Å². The Kier molecular flexibility index (Phi) is 7.59. The van der Waals surface area contributed by atoms with Crippen LogP contribution in [0.5, 0.6) is 0 Å². The van der Waals surface area contributed by atoms with E-state index in [1.54, 1.807) is 0 Å². The Morgan fingerprint density at radius 3 is 1.09 bits per heavy atom. The SMILES string of the molecule is CC1(C)c2cc(N(c3ccccc3)c3cccc4ccccc34)ccc2-c2cc3c(cc21)-c1ccc(N(c2ccccc2)c2cccc4ccccc24)cc1C3(C)C. The lowest BCUT2D eigenvalue weighted by Gasteiger charge is -2.29. The molecule has 0 aromatic heterocycles. The van der Waals surface area contributed by atoms with Crippen LogP contribution in [0, 0.1) is 0 Å². The van der Waals surface area contributed by atoms with Gasteiger partial charge in [-0.15, -0.1) is 0 Å². The van der Waals surface area contributed by atoms with Gasteiger partial charge < -0.3 is 9.80 Å². The van der Waals surface area contributed by atoms with Gasteiger partial charge in [0.15, 0.2) is 0 Å². The van der Waals surface area contributed by atoms with Crippen LogP contribution >= 0.6 is 0 Å². The second-order valence-corrected chi connectivity index (χ2v) is 17.0. The minimum atomic E-state index is -0.192. The lowest BCUT2D eigenvalue weighted by Crippen LogP contribution is -2.18. The summed E-state index contributed by atoms with van der Waals surface area (Å²) in [5.41, 5.74) is 17.5. The van der Waals surface area contributed by atoms with E-state index in [1.165, 1.54) is 88.8 Å². The first-order valence-electron chi connectivity index (χ1n) is 20.4. The number of nitrogens with zero attached hydrogens (tertiary/aromatic N) is 2. The van der Waals surface area contributed by atoms with Crippen LogP contribution in [0.1, 0.15) is 49.9 Å². The summed E-state index contributed by atoms with van der Waals surface area (Å²) in [6.45, 7) is 9.63. The molecule has 0 radical (unpaired) electrons. The van der Waals surface area contributed by atoms with Crippen LogP contribution in [0.25, 0.3) is 43.8 Å². The molecule has 0 saturated carbocycles. The van der Waals surface area contributed by atoms with Crippen molar-refractivity contribution in [3.63, 3.8) is 0 Å². The Morgan fingerprint density at radius 2 is 0.655 bits per heavy atom. The molecule has 278 valence electrons. The average Bonchev–Trinajstić information content (AvgIpc) is 3.62. The van der Waals surface area contributed by atoms with Crippen LogP contribution in [-0.4, -0.2) is 0 Å². The zero-order valence-corrected chi connectivity index (χ0v) is 33.4. The van der Waals surface area contributed by atoms with Crippen LogP contribution in [0.2, 0.25) is 0 Å². The highest BCUT2D eigenvalue weighted by Crippen LogP contribution is 2.57. The number of benzene rings is 9. The number of fused-ring (bicyclic) bond motifs is 8. The van der Waals surface area contributed by atoms with Crippen LogP contribution in [0.15, 0.2) is 194 Å². The van der Waals surface area contributed by atoms with Crippen molar-refractivity contribution < 1.29 is 0 Å². The molecule has 9 aromatic rings. The van der Waals surface area contributed by atoms with Crippen LogP contribution in [-0.2, 0) is 10.8 Å². The van der Waals surface area contributed by atoms with Crippen LogP contribution < -0.4 is 9.80 Å². The highest BCUT2D eigenvalue weighted by Gasteiger charge is 2.42. The maximum absolute atomic E-state index is 2.52. The third-order valence-corrected chi connectivity index (χ3v) is 13.0. The summed E-state index contributed by atoms with van der Waals surface area (Å²) in [7, 11) is 0. The Hall–Kier alpha value is -6.90. The molecule has 2 nitrogen and oxygen atoms in total. The largest absolute Gasteiger partial charge is 0.310 e. The molecule has 0 bridgehead atoms. The van der Waals surface area contributed by atoms with E-state index in [4.69, 9.17) is 0 Å². The second kappa shape index (κ2) is 12.8. The molecular weight excluding hydrogens is 701 g/mol. The molecular formula is C56H44N2. The van der Waals surface area contributed by atoms with Crippen molar-refractivity contribution in [2.24, 2.45) is 0 Å². The predicted octanol–water partition coefficient (Wildman–Crippen LogP) is 15.5. The van der Waals surface area contributed by atoms with Gasteiger partial charge in [0.05, 0.1) is 11.4 Å². The van der Waals surface area contributed by atoms with Crippen molar-refractivity contribution in [3.05, 3.63) is 216 Å². The summed E-state index contributed by atoms with van der Waals surface area (Å²) in [5, 5.41) is 4.95. The van der Waals surface area contributed by atoms with E-state index >= 15 is 0 Å². The van der Waals surface area contributed by atoms with E-state index in [1.807, 2.05) is 0 Å². The van der Waals surface area contributed by atoms with Crippen molar-refractivity contribution in [2.45, 2.75) is 38.5 Å². The Morgan fingerprint density at radius 1 is 0.293 bits per heavy atom. The number of hydrogen-bond acceptors (Lipinski definition) is 2. The minimum Gasteiger partial charge on any atom is -0.310 e. The molecule has 0 spiro atoms. The molecule has 0 heterocycles. The Labute approximate surface area is 341 Å². The fourth-order valence-electron chi connectivity index (χ4n) is 10.0. The molecule has 0 amide bonds. The molecule has 0 N–H and O–H groups in total. The fourth-order valence-corrected chi connectivity index (χ4v) is 10.0. The molecule has 0 atom stereocenters. The van der Waals surface area contributed by atoms with Crippen LogP contribution in [0.3, 0.4) is 0 Å². The topological polar surface area (TPSA) is 6.48 Å². The number of para-hydroxylation sites is 2. The highest BCUT2D eigenvalue weighted by atomic mass is 15.1. The Balaban J connectivity index is 1.03. The van der Waals surface area contributed by atoms with E-state index in [9.17, 15) is 0 Å². The zero-order chi connectivity index (χ0) is 39.2. The summed E-state index contributed by atoms with van der Waals surface area (Å²) in [4.78, 5) is 4.85. The van der Waals surface area contributed by atoms with Gasteiger partial charge in [-0.2, -0.15) is 0 Å². The molecule has 11 rings (SSSR count). The summed E-state index contributed by atoms with van der Waals surface area (Å²) in [6, 6.07) is 71.6. The van der Waals surface area contributed by atoms with Gasteiger partial charge >= 0.3 is 0 Å². The zero-order valence-electron chi connectivity index (χ0n) is 33.4. The van der Waals surface area contributed by atoms with Crippen molar-refractivity contribution in [1.82, 2.24) is 0 Å². The number of anilines is 6. The third kappa shape index (κ3) is 5.11. The molecule has 0 aliphatic heterocycles. The lowest BCUT2D eigenvalue weighted by atomic mass is 9.79. The normalized spacial score (nSPS) is 14.1. The maximum Gasteiger partial charge on any atom is 0.0540 e. The second-order valence-electron chi connectivity index (χ2n) is 17.0. The molecule has 0 unspecified atom stereocenters. The van der Waals surface area contributed by atoms with E-state index in [0.717, 1.165) is 11.4 Å². The van der Waals surface area contributed by atoms with E-state index in [-0.39, 0.29) is 10.8 Å². The maximum atomic E-state index is 2.52. The Bertz CT molecular complexity index is 2850. The minimum absolute atomic E-state index is 0.192.